The molecular formula is C15H15ClN2O. The second kappa shape index (κ2) is 5.87. The molecule has 3 nitrogen and oxygen atoms in total. The number of carbonyl (C=O) groups is 1. The van der Waals surface area contributed by atoms with Crippen LogP contribution in [0.2, 0.25) is 5.02 Å². The SMILES string of the molecule is Cc1cc(Cl)ccc1C(=O)Nc1cccc(CN)c1. The maximum absolute atomic E-state index is 12.2. The Kier molecular flexibility index (Phi) is 4.20. The Morgan fingerprint density at radius 3 is 2.74 bits per heavy atom. The lowest BCUT2D eigenvalue weighted by Gasteiger charge is -2.09. The lowest BCUT2D eigenvalue weighted by molar-refractivity contribution is 0.102. The van der Waals surface area contributed by atoms with Gasteiger partial charge >= 0.3 is 0 Å². The number of nitrogens with one attached hydrogen (secondary N) is 1. The zero-order valence-corrected chi connectivity index (χ0v) is 11.4. The minimum absolute atomic E-state index is 0.150. The topological polar surface area (TPSA) is 55.1 Å². The second-order valence-electron chi connectivity index (χ2n) is 4.32. The number of carbonyl (C=O) groups excluding carboxylic acids is 1. The molecule has 0 aliphatic carbocycles. The predicted molar refractivity (Wildman–Crippen MR) is 78.5 cm³/mol. The van der Waals surface area contributed by atoms with Gasteiger partial charge in [-0.05, 0) is 48.4 Å². The number of halogens is 1. The van der Waals surface area contributed by atoms with Crippen molar-refractivity contribution in [1.82, 2.24) is 0 Å². The summed E-state index contributed by atoms with van der Waals surface area (Å²) in [6.07, 6.45) is 0. The van der Waals surface area contributed by atoms with Gasteiger partial charge < -0.3 is 11.1 Å². The quantitative estimate of drug-likeness (QED) is 0.902. The van der Waals surface area contributed by atoms with Crippen molar-refractivity contribution in [3.63, 3.8) is 0 Å². The van der Waals surface area contributed by atoms with Crippen LogP contribution in [0.3, 0.4) is 0 Å². The van der Waals surface area contributed by atoms with Crippen LogP contribution < -0.4 is 11.1 Å². The van der Waals surface area contributed by atoms with Crippen LogP contribution in [0, 0.1) is 6.92 Å². The van der Waals surface area contributed by atoms with Crippen molar-refractivity contribution in [2.45, 2.75) is 13.5 Å². The van der Waals surface area contributed by atoms with E-state index in [9.17, 15) is 4.79 Å². The van der Waals surface area contributed by atoms with E-state index in [1.54, 1.807) is 18.2 Å². The summed E-state index contributed by atoms with van der Waals surface area (Å²) in [6.45, 7) is 2.31. The van der Waals surface area contributed by atoms with Crippen LogP contribution in [0.5, 0.6) is 0 Å². The summed E-state index contributed by atoms with van der Waals surface area (Å²) in [5.74, 6) is -0.150. The Morgan fingerprint density at radius 1 is 1.26 bits per heavy atom. The first-order valence-corrected chi connectivity index (χ1v) is 6.34. The zero-order chi connectivity index (χ0) is 13.8. The summed E-state index contributed by atoms with van der Waals surface area (Å²) in [7, 11) is 0. The fraction of sp³-hybridized carbons (Fsp3) is 0.133. The van der Waals surface area contributed by atoms with Crippen LogP contribution >= 0.6 is 11.6 Å². The Morgan fingerprint density at radius 2 is 2.05 bits per heavy atom. The minimum atomic E-state index is -0.150. The molecule has 0 heterocycles. The van der Waals surface area contributed by atoms with E-state index in [1.165, 1.54) is 0 Å². The lowest BCUT2D eigenvalue weighted by Crippen LogP contribution is -2.13. The minimum Gasteiger partial charge on any atom is -0.326 e. The molecule has 4 heteroatoms. The van der Waals surface area contributed by atoms with Gasteiger partial charge in [-0.15, -0.1) is 0 Å². The molecule has 0 aromatic heterocycles. The van der Waals surface area contributed by atoms with E-state index in [4.69, 9.17) is 17.3 Å². The highest BCUT2D eigenvalue weighted by atomic mass is 35.5. The van der Waals surface area contributed by atoms with E-state index < -0.39 is 0 Å². The number of hydrogen-bond acceptors (Lipinski definition) is 2. The van der Waals surface area contributed by atoms with Gasteiger partial charge in [-0.3, -0.25) is 4.79 Å². The van der Waals surface area contributed by atoms with Crippen LogP contribution in [-0.4, -0.2) is 5.91 Å². The Balaban J connectivity index is 2.20. The van der Waals surface area contributed by atoms with Crippen LogP contribution in [-0.2, 0) is 6.54 Å². The van der Waals surface area contributed by atoms with Gasteiger partial charge in [0.2, 0.25) is 0 Å². The van der Waals surface area contributed by atoms with E-state index in [0.29, 0.717) is 17.1 Å². The molecule has 98 valence electrons. The monoisotopic (exact) mass is 274 g/mol. The number of hydrogen-bond donors (Lipinski definition) is 2. The number of rotatable bonds is 3. The van der Waals surface area contributed by atoms with Crippen molar-refractivity contribution in [2.24, 2.45) is 5.73 Å². The van der Waals surface area contributed by atoms with Gasteiger partial charge in [0.15, 0.2) is 0 Å². The summed E-state index contributed by atoms with van der Waals surface area (Å²) in [5, 5.41) is 3.48. The molecule has 0 fully saturated rings. The van der Waals surface area contributed by atoms with Crippen molar-refractivity contribution in [3.8, 4) is 0 Å². The third kappa shape index (κ3) is 3.34. The van der Waals surface area contributed by atoms with Crippen molar-refractivity contribution in [1.29, 1.82) is 0 Å². The average molecular weight is 275 g/mol. The zero-order valence-electron chi connectivity index (χ0n) is 10.6. The Labute approximate surface area is 117 Å². The maximum atomic E-state index is 12.2. The van der Waals surface area contributed by atoms with Gasteiger partial charge in [0.25, 0.3) is 5.91 Å². The molecule has 0 aliphatic heterocycles. The Hall–Kier alpha value is -1.84. The summed E-state index contributed by atoms with van der Waals surface area (Å²) in [5.41, 5.74) is 8.75. The first-order chi connectivity index (χ1) is 9.10. The van der Waals surface area contributed by atoms with Gasteiger partial charge in [0.05, 0.1) is 0 Å². The summed E-state index contributed by atoms with van der Waals surface area (Å²) in [6, 6.07) is 12.7. The van der Waals surface area contributed by atoms with Crippen LogP contribution in [0.4, 0.5) is 5.69 Å². The van der Waals surface area contributed by atoms with E-state index in [0.717, 1.165) is 16.8 Å². The first kappa shape index (κ1) is 13.6. The molecule has 0 saturated carbocycles. The van der Waals surface area contributed by atoms with E-state index >= 15 is 0 Å². The number of anilines is 1. The van der Waals surface area contributed by atoms with Gasteiger partial charge in [-0.25, -0.2) is 0 Å². The van der Waals surface area contributed by atoms with Crippen LogP contribution in [0.1, 0.15) is 21.5 Å². The molecule has 2 rings (SSSR count). The molecule has 0 spiro atoms. The molecule has 0 bridgehead atoms. The number of nitrogens with two attached hydrogens (primary N) is 1. The average Bonchev–Trinajstić information content (AvgIpc) is 2.38. The summed E-state index contributed by atoms with van der Waals surface area (Å²) in [4.78, 5) is 12.2. The van der Waals surface area contributed by atoms with E-state index in [-0.39, 0.29) is 5.91 Å². The van der Waals surface area contributed by atoms with Gasteiger partial charge in [0, 0.05) is 22.8 Å². The number of aryl methyl sites for hydroxylation is 1. The lowest BCUT2D eigenvalue weighted by atomic mass is 10.1. The first-order valence-electron chi connectivity index (χ1n) is 5.96. The highest BCUT2D eigenvalue weighted by Crippen LogP contribution is 2.17. The normalized spacial score (nSPS) is 10.3. The highest BCUT2D eigenvalue weighted by molar-refractivity contribution is 6.30. The molecule has 3 N–H and O–H groups in total. The van der Waals surface area contributed by atoms with Gasteiger partial charge in [0.1, 0.15) is 0 Å². The van der Waals surface area contributed by atoms with Crippen LogP contribution in [0.25, 0.3) is 0 Å². The molecular weight excluding hydrogens is 260 g/mol. The predicted octanol–water partition coefficient (Wildman–Crippen LogP) is 3.36. The molecule has 1 amide bonds. The fourth-order valence-corrected chi connectivity index (χ4v) is 2.08. The molecule has 2 aromatic rings. The molecule has 0 atom stereocenters. The van der Waals surface area contributed by atoms with Crippen molar-refractivity contribution in [2.75, 3.05) is 5.32 Å². The second-order valence-corrected chi connectivity index (χ2v) is 4.75. The smallest absolute Gasteiger partial charge is 0.255 e. The molecule has 0 aliphatic rings. The molecule has 19 heavy (non-hydrogen) atoms. The fourth-order valence-electron chi connectivity index (χ4n) is 1.86. The summed E-state index contributed by atoms with van der Waals surface area (Å²) < 4.78 is 0. The number of benzene rings is 2. The largest absolute Gasteiger partial charge is 0.326 e. The Bertz CT molecular complexity index is 611. The highest BCUT2D eigenvalue weighted by Gasteiger charge is 2.09. The molecule has 0 radical (unpaired) electrons. The molecule has 0 unspecified atom stereocenters. The van der Waals surface area contributed by atoms with Gasteiger partial charge in [-0.2, -0.15) is 0 Å². The summed E-state index contributed by atoms with van der Waals surface area (Å²) >= 11 is 5.88. The third-order valence-corrected chi connectivity index (χ3v) is 3.09. The van der Waals surface area contributed by atoms with E-state index in [2.05, 4.69) is 5.32 Å². The van der Waals surface area contributed by atoms with Crippen molar-refractivity contribution in [3.05, 3.63) is 64.2 Å². The standard InChI is InChI=1S/C15H15ClN2O/c1-10-7-12(16)5-6-14(10)15(19)18-13-4-2-3-11(8-13)9-17/h2-8H,9,17H2,1H3,(H,18,19). The third-order valence-electron chi connectivity index (χ3n) is 2.85. The van der Waals surface area contributed by atoms with E-state index in [1.807, 2.05) is 31.2 Å². The number of amides is 1. The van der Waals surface area contributed by atoms with Crippen molar-refractivity contribution < 1.29 is 4.79 Å². The maximum Gasteiger partial charge on any atom is 0.255 e. The van der Waals surface area contributed by atoms with Crippen LogP contribution in [0.15, 0.2) is 42.5 Å². The van der Waals surface area contributed by atoms with Crippen molar-refractivity contribution >= 4 is 23.2 Å². The molecule has 2 aromatic carbocycles. The molecule has 0 saturated heterocycles. The van der Waals surface area contributed by atoms with Gasteiger partial charge in [-0.1, -0.05) is 23.7 Å².